The van der Waals surface area contributed by atoms with Crippen molar-refractivity contribution < 1.29 is 0 Å². The van der Waals surface area contributed by atoms with Crippen LogP contribution in [0.25, 0.3) is 0 Å². The van der Waals surface area contributed by atoms with E-state index < -0.39 is 0 Å². The van der Waals surface area contributed by atoms with E-state index in [1.807, 2.05) is 0 Å². The molecule has 1 heterocycles. The van der Waals surface area contributed by atoms with E-state index in [4.69, 9.17) is 0 Å². The lowest BCUT2D eigenvalue weighted by Gasteiger charge is -2.14. The van der Waals surface area contributed by atoms with Crippen LogP contribution >= 0.6 is 22.4 Å². The van der Waals surface area contributed by atoms with Gasteiger partial charge < -0.3 is 4.90 Å². The van der Waals surface area contributed by atoms with Crippen LogP contribution in [0.5, 0.6) is 0 Å². The predicted octanol–water partition coefficient (Wildman–Crippen LogP) is 1.29. The maximum Gasteiger partial charge on any atom is 0.236 e. The second-order valence-corrected chi connectivity index (χ2v) is 4.13. The third kappa shape index (κ3) is 1.18. The lowest BCUT2D eigenvalue weighted by atomic mass is 9.70. The maximum absolute atomic E-state index is 2.53. The summed E-state index contributed by atoms with van der Waals surface area (Å²) in [6.07, 6.45) is 1.37. The summed E-state index contributed by atoms with van der Waals surface area (Å²) in [6, 6.07) is 0. The summed E-state index contributed by atoms with van der Waals surface area (Å²) in [5.41, 5.74) is 0. The fourth-order valence-corrected chi connectivity index (χ4v) is 1.88. The van der Waals surface area contributed by atoms with Crippen LogP contribution in [0.3, 0.4) is 0 Å². The van der Waals surface area contributed by atoms with Gasteiger partial charge >= 0.3 is 0 Å². The number of nitrogens with zero attached hydrogens (tertiary/aromatic N) is 1. The van der Waals surface area contributed by atoms with Crippen LogP contribution < -0.4 is 0 Å². The van der Waals surface area contributed by atoms with E-state index in [1.165, 1.54) is 12.9 Å². The first-order valence-electron chi connectivity index (χ1n) is 3.06. The first-order valence-corrected chi connectivity index (χ1v) is 4.30. The van der Waals surface area contributed by atoms with E-state index in [-0.39, 0.29) is 0 Å². The highest BCUT2D eigenvalue weighted by atomic mass is 127. The fourth-order valence-electron chi connectivity index (χ4n) is 1.05. The molecule has 8 heavy (non-hydrogen) atoms. The molecule has 0 N–H and O–H groups in total. The molecule has 0 aromatic heterocycles. The average molecular weight is 223 g/mol. The van der Waals surface area contributed by atoms with Gasteiger partial charge in [-0.15, -0.1) is 22.4 Å². The minimum absolute atomic E-state index is 0.801. The lowest BCUT2D eigenvalue weighted by molar-refractivity contribution is 0.364. The summed E-state index contributed by atoms with van der Waals surface area (Å²) in [7, 11) is 2.20. The van der Waals surface area contributed by atoms with E-state index in [1.54, 1.807) is 0 Å². The highest BCUT2D eigenvalue weighted by molar-refractivity contribution is 14.1. The first kappa shape index (κ1) is 6.87. The Bertz CT molecular complexity index is 78.5. The monoisotopic (exact) mass is 223 g/mol. The van der Waals surface area contributed by atoms with Gasteiger partial charge in [-0.2, -0.15) is 0 Å². The summed E-state index contributed by atoms with van der Waals surface area (Å²) < 4.78 is 0.887. The molecule has 1 saturated heterocycles. The van der Waals surface area contributed by atoms with Crippen LogP contribution in [0.2, 0.25) is 6.32 Å². The summed E-state index contributed by atoms with van der Waals surface area (Å²) in [4.78, 5) is 2.41. The summed E-state index contributed by atoms with van der Waals surface area (Å²) in [5, 5.41) is 0. The molecule has 1 unspecified atom stereocenters. The SMILES string of the molecule is CC1B(I)CCN1C. The van der Waals surface area contributed by atoms with E-state index >= 15 is 0 Å². The lowest BCUT2D eigenvalue weighted by Crippen LogP contribution is -2.28. The first-order chi connectivity index (χ1) is 3.72. The van der Waals surface area contributed by atoms with Crippen molar-refractivity contribution >= 4 is 26.9 Å². The number of hydrogen-bond donors (Lipinski definition) is 0. The molecule has 3 heteroatoms. The van der Waals surface area contributed by atoms with E-state index in [9.17, 15) is 0 Å². The standard InChI is InChI=1S/C5H11BIN/c1-5-6(7)3-4-8(5)2/h5H,3-4H2,1-2H3. The molecular weight excluding hydrogens is 212 g/mol. The van der Waals surface area contributed by atoms with E-state index in [0.717, 1.165) is 10.5 Å². The van der Waals surface area contributed by atoms with Crippen molar-refractivity contribution in [1.29, 1.82) is 0 Å². The molecule has 0 spiro atoms. The molecule has 0 aromatic rings. The van der Waals surface area contributed by atoms with E-state index in [2.05, 4.69) is 41.2 Å². The van der Waals surface area contributed by atoms with Gasteiger partial charge in [-0.3, -0.25) is 0 Å². The van der Waals surface area contributed by atoms with Gasteiger partial charge in [0.05, 0.1) is 0 Å². The van der Waals surface area contributed by atoms with Crippen molar-refractivity contribution in [2.24, 2.45) is 0 Å². The van der Waals surface area contributed by atoms with Crippen molar-refractivity contribution in [3.05, 3.63) is 0 Å². The highest BCUT2D eigenvalue weighted by Gasteiger charge is 2.28. The van der Waals surface area contributed by atoms with Crippen molar-refractivity contribution in [3.63, 3.8) is 0 Å². The molecule has 1 atom stereocenters. The molecule has 1 rings (SSSR count). The molecular formula is C5H11BIN. The van der Waals surface area contributed by atoms with E-state index in [0.29, 0.717) is 0 Å². The Morgan fingerprint density at radius 3 is 2.50 bits per heavy atom. The quantitative estimate of drug-likeness (QED) is 0.441. The molecule has 1 nitrogen and oxygen atoms in total. The molecule has 1 fully saturated rings. The summed E-state index contributed by atoms with van der Waals surface area (Å²) in [6.45, 7) is 3.58. The van der Waals surface area contributed by atoms with Gasteiger partial charge in [0.25, 0.3) is 0 Å². The van der Waals surface area contributed by atoms with Crippen molar-refractivity contribution in [3.8, 4) is 0 Å². The third-order valence-corrected chi connectivity index (χ3v) is 3.64. The van der Waals surface area contributed by atoms with Gasteiger partial charge in [0.2, 0.25) is 4.57 Å². The van der Waals surface area contributed by atoms with Gasteiger partial charge in [0.15, 0.2) is 0 Å². The van der Waals surface area contributed by atoms with Crippen LogP contribution in [0.4, 0.5) is 0 Å². The Morgan fingerprint density at radius 2 is 2.38 bits per heavy atom. The molecule has 0 aromatic carbocycles. The van der Waals surface area contributed by atoms with Crippen LogP contribution in [0.1, 0.15) is 6.92 Å². The zero-order valence-corrected chi connectivity index (χ0v) is 7.55. The van der Waals surface area contributed by atoms with Gasteiger partial charge in [0, 0.05) is 0 Å². The van der Waals surface area contributed by atoms with Crippen molar-refractivity contribution in [1.82, 2.24) is 4.90 Å². The minimum Gasteiger partial charge on any atom is -0.311 e. The smallest absolute Gasteiger partial charge is 0.236 e. The minimum atomic E-state index is 0.801. The average Bonchev–Trinajstić information content (AvgIpc) is 1.98. The molecule has 46 valence electrons. The fraction of sp³-hybridized carbons (Fsp3) is 1.00. The Labute approximate surface area is 64.8 Å². The zero-order chi connectivity index (χ0) is 6.15. The second kappa shape index (κ2) is 2.56. The zero-order valence-electron chi connectivity index (χ0n) is 5.39. The summed E-state index contributed by atoms with van der Waals surface area (Å²) in [5.74, 6) is 0.801. The topological polar surface area (TPSA) is 3.24 Å². The van der Waals surface area contributed by atoms with Crippen LogP contribution in [-0.2, 0) is 0 Å². The number of rotatable bonds is 0. The molecule has 0 radical (unpaired) electrons. The number of halogens is 1. The Balaban J connectivity index is 2.44. The van der Waals surface area contributed by atoms with Crippen LogP contribution in [-0.4, -0.2) is 29.0 Å². The van der Waals surface area contributed by atoms with Gasteiger partial charge in [0.1, 0.15) is 0 Å². The van der Waals surface area contributed by atoms with Gasteiger partial charge in [-0.05, 0) is 25.9 Å². The van der Waals surface area contributed by atoms with Gasteiger partial charge in [-0.25, -0.2) is 0 Å². The second-order valence-electron chi connectivity index (χ2n) is 2.53. The molecule has 0 aliphatic carbocycles. The third-order valence-electron chi connectivity index (χ3n) is 1.98. The van der Waals surface area contributed by atoms with Crippen LogP contribution in [0.15, 0.2) is 0 Å². The predicted molar refractivity (Wildman–Crippen MR) is 46.7 cm³/mol. The number of hydrogen-bond acceptors (Lipinski definition) is 1. The van der Waals surface area contributed by atoms with Gasteiger partial charge in [-0.1, -0.05) is 6.92 Å². The molecule has 0 bridgehead atoms. The molecule has 1 aliphatic heterocycles. The molecule has 1 aliphatic rings. The van der Waals surface area contributed by atoms with Crippen LogP contribution in [0, 0.1) is 0 Å². The Hall–Kier alpha value is 0.755. The maximum atomic E-state index is 2.53. The largest absolute Gasteiger partial charge is 0.311 e. The summed E-state index contributed by atoms with van der Waals surface area (Å²) >= 11 is 2.53. The van der Waals surface area contributed by atoms with Crippen molar-refractivity contribution in [2.45, 2.75) is 19.2 Å². The highest BCUT2D eigenvalue weighted by Crippen LogP contribution is 2.19. The molecule has 0 saturated carbocycles. The Kier molecular flexibility index (Phi) is 2.20. The normalized spacial score (nSPS) is 31.9. The van der Waals surface area contributed by atoms with Crippen molar-refractivity contribution in [2.75, 3.05) is 13.6 Å². The molecule has 0 amide bonds. The Morgan fingerprint density at radius 1 is 1.75 bits per heavy atom.